The zero-order valence-corrected chi connectivity index (χ0v) is 6.93. The minimum Gasteiger partial charge on any atom is -0.374 e. The van der Waals surface area contributed by atoms with E-state index >= 15 is 0 Å². The summed E-state index contributed by atoms with van der Waals surface area (Å²) in [6.07, 6.45) is 1.50. The minimum atomic E-state index is -0.310. The zero-order chi connectivity index (χ0) is 8.20. The molecule has 0 saturated heterocycles. The largest absolute Gasteiger partial charge is 0.374 e. The zero-order valence-electron chi connectivity index (χ0n) is 6.93. The Hall–Kier alpha value is -0.810. The van der Waals surface area contributed by atoms with Gasteiger partial charge < -0.3 is 4.74 Å². The lowest BCUT2D eigenvalue weighted by Crippen LogP contribution is -2.23. The molecule has 0 atom stereocenters. The first-order valence-electron chi connectivity index (χ1n) is 3.16. The van der Waals surface area contributed by atoms with Crippen LogP contribution >= 0.6 is 0 Å². The van der Waals surface area contributed by atoms with Gasteiger partial charge in [0.05, 0.1) is 11.7 Å². The molecule has 0 aromatic carbocycles. The van der Waals surface area contributed by atoms with Gasteiger partial charge in [0, 0.05) is 13.2 Å². The number of allylic oxidation sites excluding steroid dienone is 1. The fourth-order valence-electron chi connectivity index (χ4n) is 0.432. The summed E-state index contributed by atoms with van der Waals surface area (Å²) in [5, 5.41) is 8.31. The first-order valence-corrected chi connectivity index (χ1v) is 3.16. The summed E-state index contributed by atoms with van der Waals surface area (Å²) in [6.45, 7) is 5.74. The van der Waals surface area contributed by atoms with Gasteiger partial charge in [-0.05, 0) is 26.3 Å². The topological polar surface area (TPSA) is 33.0 Å². The molecular formula is C8H13NO. The van der Waals surface area contributed by atoms with E-state index < -0.39 is 0 Å². The van der Waals surface area contributed by atoms with Gasteiger partial charge in [-0.15, -0.1) is 0 Å². The van der Waals surface area contributed by atoms with Crippen LogP contribution in [0.1, 0.15) is 20.8 Å². The number of rotatable bonds is 2. The molecule has 0 rings (SSSR count). The first-order chi connectivity index (χ1) is 4.54. The molecular weight excluding hydrogens is 126 g/mol. The van der Waals surface area contributed by atoms with Crippen molar-refractivity contribution in [3.05, 3.63) is 11.6 Å². The molecule has 0 aliphatic heterocycles. The van der Waals surface area contributed by atoms with E-state index in [1.54, 1.807) is 7.11 Å². The fraction of sp³-hybridized carbons (Fsp3) is 0.625. The van der Waals surface area contributed by atoms with Crippen LogP contribution in [-0.4, -0.2) is 12.7 Å². The van der Waals surface area contributed by atoms with Gasteiger partial charge >= 0.3 is 0 Å². The van der Waals surface area contributed by atoms with Crippen LogP contribution in [0.4, 0.5) is 0 Å². The Balaban J connectivity index is 4.35. The molecule has 0 aromatic heterocycles. The Morgan fingerprint density at radius 3 is 2.40 bits per heavy atom. The molecule has 0 aliphatic rings. The van der Waals surface area contributed by atoms with Crippen molar-refractivity contribution in [1.82, 2.24) is 0 Å². The normalized spacial score (nSPS) is 12.9. The van der Waals surface area contributed by atoms with Crippen LogP contribution < -0.4 is 0 Å². The van der Waals surface area contributed by atoms with Gasteiger partial charge in [-0.3, -0.25) is 0 Å². The highest BCUT2D eigenvalue weighted by Gasteiger charge is 2.17. The Morgan fingerprint density at radius 1 is 1.60 bits per heavy atom. The number of hydrogen-bond acceptors (Lipinski definition) is 2. The molecule has 2 heteroatoms. The third-order valence-electron chi connectivity index (χ3n) is 1.74. The summed E-state index contributed by atoms with van der Waals surface area (Å²) >= 11 is 0. The summed E-state index contributed by atoms with van der Waals surface area (Å²) in [7, 11) is 1.63. The maximum atomic E-state index is 8.31. The number of ether oxygens (including phenoxy) is 1. The van der Waals surface area contributed by atoms with Crippen molar-refractivity contribution in [1.29, 1.82) is 5.26 Å². The van der Waals surface area contributed by atoms with E-state index in [2.05, 4.69) is 0 Å². The highest BCUT2D eigenvalue weighted by atomic mass is 16.5. The van der Waals surface area contributed by atoms with Crippen LogP contribution in [0.25, 0.3) is 0 Å². The highest BCUT2D eigenvalue weighted by Crippen LogP contribution is 2.17. The maximum absolute atomic E-state index is 8.31. The molecule has 0 amide bonds. The standard InChI is InChI=1S/C8H13NO/c1-7(5-6-9)8(2,3)10-4/h5H,1-4H3/b7-5+. The van der Waals surface area contributed by atoms with Crippen molar-refractivity contribution in [3.63, 3.8) is 0 Å². The molecule has 2 nitrogen and oxygen atoms in total. The summed E-state index contributed by atoms with van der Waals surface area (Å²) in [5.74, 6) is 0. The molecule has 0 heterocycles. The van der Waals surface area contributed by atoms with Crippen LogP contribution in [0.5, 0.6) is 0 Å². The summed E-state index contributed by atoms with van der Waals surface area (Å²) in [4.78, 5) is 0. The molecule has 0 aromatic rings. The first kappa shape index (κ1) is 9.19. The van der Waals surface area contributed by atoms with E-state index in [4.69, 9.17) is 10.00 Å². The van der Waals surface area contributed by atoms with E-state index in [0.29, 0.717) is 0 Å². The van der Waals surface area contributed by atoms with Crippen molar-refractivity contribution < 1.29 is 4.74 Å². The average Bonchev–Trinajstić information content (AvgIpc) is 1.89. The number of nitrogens with zero attached hydrogens (tertiary/aromatic N) is 1. The third-order valence-corrected chi connectivity index (χ3v) is 1.74. The summed E-state index contributed by atoms with van der Waals surface area (Å²) in [5.41, 5.74) is 0.632. The molecule has 0 saturated carbocycles. The van der Waals surface area contributed by atoms with Crippen LogP contribution in [0.15, 0.2) is 11.6 Å². The molecule has 0 radical (unpaired) electrons. The Morgan fingerprint density at radius 2 is 2.10 bits per heavy atom. The minimum absolute atomic E-state index is 0.310. The monoisotopic (exact) mass is 139 g/mol. The van der Waals surface area contributed by atoms with Crippen LogP contribution in [0.3, 0.4) is 0 Å². The van der Waals surface area contributed by atoms with E-state index in [-0.39, 0.29) is 5.60 Å². The Labute approximate surface area is 62.1 Å². The predicted octanol–water partition coefficient (Wildman–Crippen LogP) is 1.88. The quantitative estimate of drug-likeness (QED) is 0.547. The van der Waals surface area contributed by atoms with E-state index in [0.717, 1.165) is 5.57 Å². The molecule has 0 fully saturated rings. The van der Waals surface area contributed by atoms with Crippen molar-refractivity contribution in [2.24, 2.45) is 0 Å². The smallest absolute Gasteiger partial charge is 0.0912 e. The summed E-state index contributed by atoms with van der Waals surface area (Å²) < 4.78 is 5.13. The molecule has 0 N–H and O–H groups in total. The van der Waals surface area contributed by atoms with Gasteiger partial charge in [0.1, 0.15) is 0 Å². The van der Waals surface area contributed by atoms with E-state index in [1.807, 2.05) is 26.8 Å². The maximum Gasteiger partial charge on any atom is 0.0912 e. The van der Waals surface area contributed by atoms with Gasteiger partial charge in [0.15, 0.2) is 0 Å². The third kappa shape index (κ3) is 2.20. The average molecular weight is 139 g/mol. The van der Waals surface area contributed by atoms with Crippen LogP contribution in [0, 0.1) is 11.3 Å². The van der Waals surface area contributed by atoms with Gasteiger partial charge in [-0.2, -0.15) is 5.26 Å². The lowest BCUT2D eigenvalue weighted by Gasteiger charge is -2.22. The van der Waals surface area contributed by atoms with Crippen LogP contribution in [-0.2, 0) is 4.74 Å². The SMILES string of the molecule is COC(C)(C)/C(C)=C/C#N. The van der Waals surface area contributed by atoms with Gasteiger partial charge in [-0.25, -0.2) is 0 Å². The molecule has 0 unspecified atom stereocenters. The fourth-order valence-corrected chi connectivity index (χ4v) is 0.432. The second-order valence-electron chi connectivity index (χ2n) is 2.67. The number of hydrogen-bond donors (Lipinski definition) is 0. The van der Waals surface area contributed by atoms with E-state index in [1.165, 1.54) is 6.08 Å². The highest BCUT2D eigenvalue weighted by molar-refractivity contribution is 5.19. The second kappa shape index (κ2) is 3.38. The number of nitriles is 1. The Bertz CT molecular complexity index is 174. The van der Waals surface area contributed by atoms with Crippen LogP contribution in [0.2, 0.25) is 0 Å². The van der Waals surface area contributed by atoms with Crippen molar-refractivity contribution in [2.75, 3.05) is 7.11 Å². The molecule has 10 heavy (non-hydrogen) atoms. The second-order valence-corrected chi connectivity index (χ2v) is 2.67. The molecule has 0 spiro atoms. The van der Waals surface area contributed by atoms with Crippen molar-refractivity contribution in [2.45, 2.75) is 26.4 Å². The lowest BCUT2D eigenvalue weighted by molar-refractivity contribution is 0.0551. The van der Waals surface area contributed by atoms with Gasteiger partial charge in [-0.1, -0.05) is 0 Å². The van der Waals surface area contributed by atoms with Gasteiger partial charge in [0.2, 0.25) is 0 Å². The molecule has 0 aliphatic carbocycles. The van der Waals surface area contributed by atoms with Crippen molar-refractivity contribution >= 4 is 0 Å². The Kier molecular flexibility index (Phi) is 3.11. The van der Waals surface area contributed by atoms with Crippen molar-refractivity contribution in [3.8, 4) is 6.07 Å². The van der Waals surface area contributed by atoms with Gasteiger partial charge in [0.25, 0.3) is 0 Å². The molecule has 0 bridgehead atoms. The van der Waals surface area contributed by atoms with E-state index in [9.17, 15) is 0 Å². The summed E-state index contributed by atoms with van der Waals surface area (Å²) in [6, 6.07) is 1.97. The molecule has 56 valence electrons. The number of methoxy groups -OCH3 is 1. The predicted molar refractivity (Wildman–Crippen MR) is 40.5 cm³/mol. The lowest BCUT2D eigenvalue weighted by atomic mass is 10.00.